The van der Waals surface area contributed by atoms with Crippen molar-refractivity contribution in [2.24, 2.45) is 0 Å². The summed E-state index contributed by atoms with van der Waals surface area (Å²) in [5, 5.41) is -0.221. The van der Waals surface area contributed by atoms with Gasteiger partial charge in [-0.05, 0) is 35.5 Å². The zero-order chi connectivity index (χ0) is 14.1. The van der Waals surface area contributed by atoms with Gasteiger partial charge in [-0.1, -0.05) is 30.3 Å². The molecule has 20 heavy (non-hydrogen) atoms. The van der Waals surface area contributed by atoms with Gasteiger partial charge < -0.3 is 0 Å². The van der Waals surface area contributed by atoms with Crippen LogP contribution in [0.5, 0.6) is 0 Å². The predicted molar refractivity (Wildman–Crippen MR) is 83.5 cm³/mol. The molecular weight excluding hydrogens is 290 g/mol. The summed E-state index contributed by atoms with van der Waals surface area (Å²) in [5.74, 6) is -0.227. The minimum Gasteiger partial charge on any atom is -0.272 e. The number of rotatable bonds is 2. The monoisotopic (exact) mass is 301 g/mol. The summed E-state index contributed by atoms with van der Waals surface area (Å²) < 4.78 is 0. The van der Waals surface area contributed by atoms with Crippen molar-refractivity contribution >= 4 is 40.3 Å². The maximum Gasteiger partial charge on any atom is 0.293 e. The average Bonchev–Trinajstić information content (AvgIpc) is 3.02. The fourth-order valence-corrected chi connectivity index (χ4v) is 3.71. The molecule has 0 radical (unpaired) electrons. The van der Waals surface area contributed by atoms with Crippen molar-refractivity contribution in [1.82, 2.24) is 4.90 Å². The molecule has 1 fully saturated rings. The van der Waals surface area contributed by atoms with Gasteiger partial charge in [0.05, 0.1) is 4.91 Å². The van der Waals surface area contributed by atoms with E-state index >= 15 is 0 Å². The van der Waals surface area contributed by atoms with E-state index in [1.54, 1.807) is 17.4 Å². The zero-order valence-corrected chi connectivity index (χ0v) is 12.3. The number of carbonyl (C=O) groups excluding carboxylic acids is 2. The van der Waals surface area contributed by atoms with Gasteiger partial charge in [0.15, 0.2) is 0 Å². The summed E-state index contributed by atoms with van der Waals surface area (Å²) in [5.41, 5.74) is 1.15. The van der Waals surface area contributed by atoms with Gasteiger partial charge in [-0.2, -0.15) is 0 Å². The van der Waals surface area contributed by atoms with E-state index in [4.69, 9.17) is 0 Å². The number of thiophene rings is 1. The van der Waals surface area contributed by atoms with Crippen molar-refractivity contribution in [3.63, 3.8) is 0 Å². The Morgan fingerprint density at radius 2 is 1.80 bits per heavy atom. The standard InChI is InChI=1S/C15H11NO2S2/c1-16-14(17)13(20-15(16)18)9-11-7-8-12(19-11)10-5-3-2-4-6-10/h2-9H,1H3. The van der Waals surface area contributed by atoms with Crippen molar-refractivity contribution in [3.05, 3.63) is 52.2 Å². The highest BCUT2D eigenvalue weighted by atomic mass is 32.2. The average molecular weight is 301 g/mol. The SMILES string of the molecule is CN1C(=O)SC(=Cc2ccc(-c3ccccc3)s2)C1=O. The minimum absolute atomic E-state index is 0.221. The van der Waals surface area contributed by atoms with Crippen LogP contribution >= 0.6 is 23.1 Å². The van der Waals surface area contributed by atoms with Crippen LogP contribution in [0.25, 0.3) is 16.5 Å². The third kappa shape index (κ3) is 2.42. The second-order valence-corrected chi connectivity index (χ2v) is 6.42. The molecule has 2 aromatic rings. The van der Waals surface area contributed by atoms with E-state index in [0.29, 0.717) is 4.91 Å². The van der Waals surface area contributed by atoms with Crippen LogP contribution in [0.2, 0.25) is 0 Å². The van der Waals surface area contributed by atoms with Crippen LogP contribution in [0.4, 0.5) is 4.79 Å². The highest BCUT2D eigenvalue weighted by molar-refractivity contribution is 8.18. The second kappa shape index (κ2) is 5.26. The molecular formula is C15H11NO2S2. The molecule has 1 aromatic carbocycles. The number of likely N-dealkylation sites (N-methyl/N-ethyl adjacent to an activating group) is 1. The number of hydrogen-bond donors (Lipinski definition) is 0. The van der Waals surface area contributed by atoms with E-state index in [2.05, 4.69) is 12.1 Å². The fourth-order valence-electron chi connectivity index (χ4n) is 1.86. The first-order chi connectivity index (χ1) is 9.65. The summed E-state index contributed by atoms with van der Waals surface area (Å²) in [6, 6.07) is 14.1. The number of thioether (sulfide) groups is 1. The van der Waals surface area contributed by atoms with Crippen molar-refractivity contribution < 1.29 is 9.59 Å². The molecule has 3 rings (SSSR count). The van der Waals surface area contributed by atoms with E-state index < -0.39 is 0 Å². The Morgan fingerprint density at radius 3 is 2.45 bits per heavy atom. The molecule has 1 aromatic heterocycles. The fraction of sp³-hybridized carbons (Fsp3) is 0.0667. The van der Waals surface area contributed by atoms with Gasteiger partial charge in [0.25, 0.3) is 11.1 Å². The van der Waals surface area contributed by atoms with E-state index in [0.717, 1.165) is 32.0 Å². The van der Waals surface area contributed by atoms with Gasteiger partial charge in [-0.25, -0.2) is 0 Å². The smallest absolute Gasteiger partial charge is 0.272 e. The topological polar surface area (TPSA) is 37.4 Å². The minimum atomic E-state index is -0.227. The molecule has 0 atom stereocenters. The molecule has 5 heteroatoms. The Morgan fingerprint density at radius 1 is 1.05 bits per heavy atom. The Balaban J connectivity index is 1.89. The maximum absolute atomic E-state index is 11.8. The van der Waals surface area contributed by atoms with Crippen molar-refractivity contribution in [1.29, 1.82) is 0 Å². The van der Waals surface area contributed by atoms with E-state index in [9.17, 15) is 9.59 Å². The van der Waals surface area contributed by atoms with Crippen LogP contribution in [0.3, 0.4) is 0 Å². The maximum atomic E-state index is 11.8. The van der Waals surface area contributed by atoms with Gasteiger partial charge in [0, 0.05) is 16.8 Å². The number of carbonyl (C=O) groups is 2. The largest absolute Gasteiger partial charge is 0.293 e. The molecule has 1 aliphatic heterocycles. The Kier molecular flexibility index (Phi) is 3.46. The second-order valence-electron chi connectivity index (χ2n) is 4.31. The third-order valence-electron chi connectivity index (χ3n) is 2.94. The van der Waals surface area contributed by atoms with Crippen molar-refractivity contribution in [2.45, 2.75) is 0 Å². The lowest BCUT2D eigenvalue weighted by Crippen LogP contribution is -2.22. The van der Waals surface area contributed by atoms with Gasteiger partial charge in [-0.3, -0.25) is 14.5 Å². The molecule has 0 spiro atoms. The number of hydrogen-bond acceptors (Lipinski definition) is 4. The molecule has 0 N–H and O–H groups in total. The summed E-state index contributed by atoms with van der Waals surface area (Å²) in [6.07, 6.45) is 1.78. The lowest BCUT2D eigenvalue weighted by molar-refractivity contribution is -0.121. The number of nitrogens with zero attached hydrogens (tertiary/aromatic N) is 1. The lowest BCUT2D eigenvalue weighted by Gasteiger charge is -2.00. The summed E-state index contributed by atoms with van der Waals surface area (Å²) in [7, 11) is 1.50. The molecule has 0 saturated carbocycles. The Bertz CT molecular complexity index is 704. The predicted octanol–water partition coefficient (Wildman–Crippen LogP) is 4.08. The number of imide groups is 1. The highest BCUT2D eigenvalue weighted by Gasteiger charge is 2.31. The molecule has 1 saturated heterocycles. The summed E-state index contributed by atoms with van der Waals surface area (Å²) >= 11 is 2.59. The van der Waals surface area contributed by atoms with Crippen LogP contribution in [-0.2, 0) is 4.79 Å². The molecule has 0 unspecified atom stereocenters. The van der Waals surface area contributed by atoms with E-state index in [1.807, 2.05) is 30.3 Å². The van der Waals surface area contributed by atoms with Gasteiger partial charge in [0.2, 0.25) is 0 Å². The summed E-state index contributed by atoms with van der Waals surface area (Å²) in [4.78, 5) is 27.0. The number of amides is 2. The Hall–Kier alpha value is -1.85. The third-order valence-corrected chi connectivity index (χ3v) is 4.99. The van der Waals surface area contributed by atoms with Gasteiger partial charge in [0.1, 0.15) is 0 Å². The van der Waals surface area contributed by atoms with Crippen molar-refractivity contribution in [3.8, 4) is 10.4 Å². The molecule has 2 heterocycles. The molecule has 3 nitrogen and oxygen atoms in total. The van der Waals surface area contributed by atoms with Crippen LogP contribution in [0, 0.1) is 0 Å². The molecule has 0 aliphatic carbocycles. The van der Waals surface area contributed by atoms with Crippen molar-refractivity contribution in [2.75, 3.05) is 7.05 Å². The van der Waals surface area contributed by atoms with Gasteiger partial charge >= 0.3 is 0 Å². The normalized spacial score (nSPS) is 17.2. The molecule has 0 bridgehead atoms. The van der Waals surface area contributed by atoms with Gasteiger partial charge in [-0.15, -0.1) is 11.3 Å². The first-order valence-corrected chi connectivity index (χ1v) is 7.65. The highest BCUT2D eigenvalue weighted by Crippen LogP contribution is 2.34. The van der Waals surface area contributed by atoms with Crippen LogP contribution in [-0.4, -0.2) is 23.1 Å². The Labute approximate surface area is 124 Å². The molecule has 1 aliphatic rings. The quantitative estimate of drug-likeness (QED) is 0.784. The summed E-state index contributed by atoms with van der Waals surface area (Å²) in [6.45, 7) is 0. The van der Waals surface area contributed by atoms with Crippen LogP contribution in [0.1, 0.15) is 4.88 Å². The molecule has 100 valence electrons. The van der Waals surface area contributed by atoms with Crippen LogP contribution in [0.15, 0.2) is 47.4 Å². The van der Waals surface area contributed by atoms with E-state index in [1.165, 1.54) is 7.05 Å². The van der Waals surface area contributed by atoms with E-state index in [-0.39, 0.29) is 11.1 Å². The number of benzene rings is 1. The first kappa shape index (κ1) is 13.1. The molecule has 2 amide bonds. The zero-order valence-electron chi connectivity index (χ0n) is 10.7. The van der Waals surface area contributed by atoms with Crippen LogP contribution < -0.4 is 0 Å². The first-order valence-electron chi connectivity index (χ1n) is 6.02. The lowest BCUT2D eigenvalue weighted by atomic mass is 10.2.